The van der Waals surface area contributed by atoms with Crippen LogP contribution in [0.3, 0.4) is 0 Å². The average molecular weight is 545 g/mol. The molecule has 0 bridgehead atoms. The van der Waals surface area contributed by atoms with Gasteiger partial charge in [-0.1, -0.05) is 12.1 Å². The summed E-state index contributed by atoms with van der Waals surface area (Å²) in [6.07, 6.45) is -2.91. The number of nitrogens with zero attached hydrogens (tertiary/aromatic N) is 2. The molecule has 1 atom stereocenters. The Labute approximate surface area is 222 Å². The summed E-state index contributed by atoms with van der Waals surface area (Å²) in [4.78, 5) is 30.6. The van der Waals surface area contributed by atoms with Gasteiger partial charge >= 0.3 is 6.18 Å². The molecule has 4 rings (SSSR count). The zero-order valence-corrected chi connectivity index (χ0v) is 20.8. The lowest BCUT2D eigenvalue weighted by molar-refractivity contribution is -0.137. The Balaban J connectivity index is 1.53. The molecule has 1 fully saturated rings. The van der Waals surface area contributed by atoms with Crippen LogP contribution < -0.4 is 16.0 Å². The van der Waals surface area contributed by atoms with Crippen molar-refractivity contribution in [3.05, 3.63) is 83.0 Å². The van der Waals surface area contributed by atoms with Crippen LogP contribution in [-0.4, -0.2) is 59.3 Å². The molecule has 4 N–H and O–H groups in total. The van der Waals surface area contributed by atoms with E-state index in [-0.39, 0.29) is 18.6 Å². The minimum Gasteiger partial charge on any atom is -0.489 e. The lowest BCUT2D eigenvalue weighted by Gasteiger charge is -2.33. The van der Waals surface area contributed by atoms with E-state index in [2.05, 4.69) is 4.98 Å². The van der Waals surface area contributed by atoms with Gasteiger partial charge in [0, 0.05) is 30.4 Å². The summed E-state index contributed by atoms with van der Waals surface area (Å²) in [6, 6.07) is 12.1. The Morgan fingerprint density at radius 2 is 1.90 bits per heavy atom. The van der Waals surface area contributed by atoms with Crippen LogP contribution in [0.1, 0.15) is 27.0 Å². The fourth-order valence-corrected chi connectivity index (χ4v) is 4.37. The number of hydrogen-bond acceptors (Lipinski definition) is 7. The zero-order valence-electron chi connectivity index (χ0n) is 20.8. The molecular formula is C27H27F3N4O5. The summed E-state index contributed by atoms with van der Waals surface area (Å²) in [5.41, 5.74) is 8.48. The van der Waals surface area contributed by atoms with Crippen molar-refractivity contribution in [2.24, 2.45) is 5.73 Å². The fourth-order valence-electron chi connectivity index (χ4n) is 4.37. The SMILES string of the molecule is NC(=O)c1ccc(OCc2ccnc(-c3cccc(C(F)(F)F)c3)c2)cc1C[C@@H](C(=O)NO)N1CCOCC1. The topological polar surface area (TPSA) is 127 Å². The highest BCUT2D eigenvalue weighted by atomic mass is 19.4. The van der Waals surface area contributed by atoms with Crippen molar-refractivity contribution < 1.29 is 37.4 Å². The first-order valence-corrected chi connectivity index (χ1v) is 12.1. The maximum atomic E-state index is 13.1. The lowest BCUT2D eigenvalue weighted by Crippen LogP contribution is -2.51. The van der Waals surface area contributed by atoms with E-state index in [0.29, 0.717) is 54.4 Å². The molecule has 3 aromatic rings. The average Bonchev–Trinajstić information content (AvgIpc) is 2.94. The number of hydroxylamine groups is 1. The number of halogens is 3. The summed E-state index contributed by atoms with van der Waals surface area (Å²) >= 11 is 0. The van der Waals surface area contributed by atoms with E-state index < -0.39 is 29.6 Å². The number of aromatic nitrogens is 1. The third kappa shape index (κ3) is 7.11. The maximum absolute atomic E-state index is 13.1. The van der Waals surface area contributed by atoms with E-state index in [4.69, 9.17) is 15.2 Å². The van der Waals surface area contributed by atoms with Crippen LogP contribution in [0.25, 0.3) is 11.3 Å². The molecule has 1 aromatic heterocycles. The zero-order chi connectivity index (χ0) is 28.0. The van der Waals surface area contributed by atoms with Crippen LogP contribution >= 0.6 is 0 Å². The number of carbonyl (C=O) groups excluding carboxylic acids is 2. The maximum Gasteiger partial charge on any atom is 0.416 e. The quantitative estimate of drug-likeness (QED) is 0.279. The smallest absolute Gasteiger partial charge is 0.416 e. The second-order valence-electron chi connectivity index (χ2n) is 8.94. The minimum absolute atomic E-state index is 0.0634. The largest absolute Gasteiger partial charge is 0.489 e. The van der Waals surface area contributed by atoms with E-state index in [9.17, 15) is 28.0 Å². The molecule has 1 aliphatic rings. The molecule has 1 aliphatic heterocycles. The number of rotatable bonds is 9. The van der Waals surface area contributed by atoms with Gasteiger partial charge in [-0.25, -0.2) is 5.48 Å². The Kier molecular flexibility index (Phi) is 8.79. The van der Waals surface area contributed by atoms with Gasteiger partial charge in [-0.05, 0) is 60.0 Å². The number of hydrogen-bond donors (Lipinski definition) is 3. The first-order valence-electron chi connectivity index (χ1n) is 12.1. The number of primary amides is 1. The minimum atomic E-state index is -4.47. The number of benzene rings is 2. The lowest BCUT2D eigenvalue weighted by atomic mass is 9.97. The third-order valence-corrected chi connectivity index (χ3v) is 6.37. The van der Waals surface area contributed by atoms with Gasteiger partial charge in [-0.3, -0.25) is 24.7 Å². The van der Waals surface area contributed by atoms with Crippen LogP contribution in [0.4, 0.5) is 13.2 Å². The van der Waals surface area contributed by atoms with E-state index >= 15 is 0 Å². The molecule has 0 radical (unpaired) electrons. The van der Waals surface area contributed by atoms with Crippen molar-refractivity contribution in [3.63, 3.8) is 0 Å². The predicted molar refractivity (Wildman–Crippen MR) is 134 cm³/mol. The summed E-state index contributed by atoms with van der Waals surface area (Å²) in [5.74, 6) is -0.920. The molecule has 206 valence electrons. The van der Waals surface area contributed by atoms with Gasteiger partial charge in [0.25, 0.3) is 5.91 Å². The van der Waals surface area contributed by atoms with Crippen molar-refractivity contribution in [3.8, 4) is 17.0 Å². The molecule has 0 unspecified atom stereocenters. The highest BCUT2D eigenvalue weighted by Gasteiger charge is 2.31. The van der Waals surface area contributed by atoms with E-state index in [1.54, 1.807) is 35.8 Å². The van der Waals surface area contributed by atoms with Crippen LogP contribution in [0.15, 0.2) is 60.8 Å². The number of morpholine rings is 1. The first-order chi connectivity index (χ1) is 18.7. The number of nitrogens with one attached hydrogen (secondary N) is 1. The number of ether oxygens (including phenoxy) is 2. The normalized spacial score (nSPS) is 15.0. The highest BCUT2D eigenvalue weighted by molar-refractivity contribution is 5.95. The molecular weight excluding hydrogens is 517 g/mol. The van der Waals surface area contributed by atoms with Crippen LogP contribution in [0.5, 0.6) is 5.75 Å². The molecule has 12 heteroatoms. The van der Waals surface area contributed by atoms with Crippen molar-refractivity contribution in [2.45, 2.75) is 25.2 Å². The number of pyridine rings is 1. The van der Waals surface area contributed by atoms with Gasteiger partial charge in [0.1, 0.15) is 12.4 Å². The molecule has 2 aromatic carbocycles. The molecule has 2 amide bonds. The second kappa shape index (κ2) is 12.2. The molecule has 1 saturated heterocycles. The van der Waals surface area contributed by atoms with E-state index in [0.717, 1.165) is 12.1 Å². The molecule has 2 heterocycles. The van der Waals surface area contributed by atoms with Crippen LogP contribution in [0, 0.1) is 0 Å². The monoisotopic (exact) mass is 544 g/mol. The van der Waals surface area contributed by atoms with Crippen LogP contribution in [-0.2, 0) is 28.7 Å². The molecule has 0 aliphatic carbocycles. The van der Waals surface area contributed by atoms with Gasteiger partial charge in [0.05, 0.1) is 30.5 Å². The standard InChI is InChI=1S/C27H27F3N4O5/c28-27(29,30)20-3-1-2-18(13-20)23-12-17(6-7-32-23)16-39-21-4-5-22(25(31)35)19(14-21)15-24(26(36)33-37)34-8-10-38-11-9-34/h1-7,12-14,24,37H,8-11,15-16H2,(H2,31,35)(H,33,36)/t24-/m0/s1. The summed E-state index contributed by atoms with van der Waals surface area (Å²) < 4.78 is 50.6. The first kappa shape index (κ1) is 28.0. The van der Waals surface area contributed by atoms with E-state index in [1.165, 1.54) is 18.3 Å². The summed E-state index contributed by atoms with van der Waals surface area (Å²) in [5, 5.41) is 9.28. The fraction of sp³-hybridized carbons (Fsp3) is 0.296. The highest BCUT2D eigenvalue weighted by Crippen LogP contribution is 2.32. The second-order valence-corrected chi connectivity index (χ2v) is 8.94. The Hall–Kier alpha value is -4.00. The Bertz CT molecular complexity index is 1330. The van der Waals surface area contributed by atoms with Crippen LogP contribution in [0.2, 0.25) is 0 Å². The van der Waals surface area contributed by atoms with Crippen molar-refractivity contribution in [1.82, 2.24) is 15.4 Å². The third-order valence-electron chi connectivity index (χ3n) is 6.37. The van der Waals surface area contributed by atoms with Crippen molar-refractivity contribution in [1.29, 1.82) is 0 Å². The predicted octanol–water partition coefficient (Wildman–Crippen LogP) is 3.19. The molecule has 39 heavy (non-hydrogen) atoms. The van der Waals surface area contributed by atoms with Gasteiger partial charge in [-0.2, -0.15) is 13.2 Å². The number of amides is 2. The summed E-state index contributed by atoms with van der Waals surface area (Å²) in [6.45, 7) is 1.85. The van der Waals surface area contributed by atoms with Crippen molar-refractivity contribution in [2.75, 3.05) is 26.3 Å². The van der Waals surface area contributed by atoms with Gasteiger partial charge < -0.3 is 15.2 Å². The molecule has 0 saturated carbocycles. The molecule has 9 nitrogen and oxygen atoms in total. The number of nitrogens with two attached hydrogens (primary N) is 1. The number of carbonyl (C=O) groups is 2. The van der Waals surface area contributed by atoms with Crippen molar-refractivity contribution >= 4 is 11.8 Å². The van der Waals surface area contributed by atoms with E-state index in [1.807, 2.05) is 4.90 Å². The molecule has 0 spiro atoms. The summed E-state index contributed by atoms with van der Waals surface area (Å²) in [7, 11) is 0. The van der Waals surface area contributed by atoms with Gasteiger partial charge in [-0.15, -0.1) is 0 Å². The number of alkyl halides is 3. The van der Waals surface area contributed by atoms with Gasteiger partial charge in [0.2, 0.25) is 5.91 Å². The Morgan fingerprint density at radius 1 is 1.13 bits per heavy atom. The Morgan fingerprint density at radius 3 is 2.59 bits per heavy atom. The van der Waals surface area contributed by atoms with Gasteiger partial charge in [0.15, 0.2) is 0 Å².